The molecule has 0 aliphatic carbocycles. The monoisotopic (exact) mass is 246 g/mol. The van der Waals surface area contributed by atoms with Crippen LogP contribution < -0.4 is 10.6 Å². The number of nitrogens with one attached hydrogen (secondary N) is 2. The van der Waals surface area contributed by atoms with E-state index in [2.05, 4.69) is 10.6 Å². The number of unbranched alkanes of at least 4 members (excludes halogenated alkanes) is 1. The van der Waals surface area contributed by atoms with E-state index >= 15 is 0 Å². The predicted molar refractivity (Wildman–Crippen MR) is 64.0 cm³/mol. The number of carbonyl (C=O) groups is 2. The summed E-state index contributed by atoms with van der Waals surface area (Å²) in [6, 6.07) is -1.46. The lowest BCUT2D eigenvalue weighted by Crippen LogP contribution is -2.49. The molecule has 0 saturated heterocycles. The van der Waals surface area contributed by atoms with E-state index in [0.717, 1.165) is 12.8 Å². The van der Waals surface area contributed by atoms with Crippen molar-refractivity contribution in [3.63, 3.8) is 0 Å². The number of hydrogen-bond donors (Lipinski definition) is 3. The fraction of sp³-hybridized carbons (Fsp3) is 0.818. The summed E-state index contributed by atoms with van der Waals surface area (Å²) >= 11 is 0. The fourth-order valence-electron chi connectivity index (χ4n) is 1.38. The van der Waals surface area contributed by atoms with E-state index in [9.17, 15) is 9.59 Å². The molecule has 17 heavy (non-hydrogen) atoms. The van der Waals surface area contributed by atoms with E-state index < -0.39 is 18.0 Å². The van der Waals surface area contributed by atoms with Gasteiger partial charge in [-0.15, -0.1) is 0 Å². The maximum absolute atomic E-state index is 11.5. The lowest BCUT2D eigenvalue weighted by Gasteiger charge is -2.17. The summed E-state index contributed by atoms with van der Waals surface area (Å²) in [6.07, 6.45) is 2.11. The smallest absolute Gasteiger partial charge is 0.326 e. The number of hydrogen-bond acceptors (Lipinski definition) is 3. The van der Waals surface area contributed by atoms with Gasteiger partial charge in [0.25, 0.3) is 0 Å². The molecule has 2 amide bonds. The van der Waals surface area contributed by atoms with Crippen molar-refractivity contribution in [1.82, 2.24) is 10.6 Å². The number of carboxylic acid groups (broad SMARTS) is 1. The zero-order valence-electron chi connectivity index (χ0n) is 10.7. The van der Waals surface area contributed by atoms with Crippen molar-refractivity contribution in [2.24, 2.45) is 0 Å². The minimum Gasteiger partial charge on any atom is -0.480 e. The van der Waals surface area contributed by atoms with Crippen LogP contribution in [0.5, 0.6) is 0 Å². The van der Waals surface area contributed by atoms with Crippen LogP contribution in [0.3, 0.4) is 0 Å². The molecule has 100 valence electrons. The zero-order chi connectivity index (χ0) is 13.3. The first-order valence-corrected chi connectivity index (χ1v) is 5.80. The summed E-state index contributed by atoms with van der Waals surface area (Å²) in [5.74, 6) is -1.01. The number of methoxy groups -OCH3 is 1. The summed E-state index contributed by atoms with van der Waals surface area (Å²) in [5, 5.41) is 14.0. The third kappa shape index (κ3) is 7.57. The van der Waals surface area contributed by atoms with E-state index in [0.29, 0.717) is 13.0 Å². The van der Waals surface area contributed by atoms with Gasteiger partial charge in [-0.2, -0.15) is 0 Å². The molecule has 0 aromatic heterocycles. The molecule has 0 aromatic rings. The van der Waals surface area contributed by atoms with Gasteiger partial charge < -0.3 is 20.5 Å². The number of amides is 2. The number of carboxylic acids is 1. The molecule has 2 atom stereocenters. The van der Waals surface area contributed by atoms with Crippen LogP contribution in [0.2, 0.25) is 0 Å². The van der Waals surface area contributed by atoms with Crippen LogP contribution in [0.1, 0.15) is 33.1 Å². The first kappa shape index (κ1) is 15.7. The topological polar surface area (TPSA) is 87.7 Å². The molecule has 0 rings (SSSR count). The van der Waals surface area contributed by atoms with E-state index in [4.69, 9.17) is 9.84 Å². The summed E-state index contributed by atoms with van der Waals surface area (Å²) in [4.78, 5) is 22.4. The number of urea groups is 1. The van der Waals surface area contributed by atoms with E-state index in [1.807, 2.05) is 6.92 Å². The van der Waals surface area contributed by atoms with Gasteiger partial charge in [-0.25, -0.2) is 9.59 Å². The molecule has 0 fully saturated rings. The van der Waals surface area contributed by atoms with Gasteiger partial charge >= 0.3 is 12.0 Å². The van der Waals surface area contributed by atoms with Crippen LogP contribution in [-0.4, -0.2) is 42.9 Å². The molecule has 2 unspecified atom stereocenters. The van der Waals surface area contributed by atoms with Gasteiger partial charge in [0.1, 0.15) is 6.04 Å². The molecule has 0 aliphatic heterocycles. The molecule has 0 aliphatic rings. The Morgan fingerprint density at radius 2 is 2.00 bits per heavy atom. The Morgan fingerprint density at radius 3 is 2.47 bits per heavy atom. The molecule has 6 heteroatoms. The second kappa shape index (κ2) is 8.81. The Balaban J connectivity index is 4.07. The summed E-state index contributed by atoms with van der Waals surface area (Å²) in [6.45, 7) is 4.14. The normalized spacial score (nSPS) is 13.8. The largest absolute Gasteiger partial charge is 0.480 e. The van der Waals surface area contributed by atoms with Gasteiger partial charge in [0.2, 0.25) is 0 Å². The van der Waals surface area contributed by atoms with Crippen molar-refractivity contribution >= 4 is 12.0 Å². The van der Waals surface area contributed by atoms with Crippen LogP contribution in [0.15, 0.2) is 0 Å². The van der Waals surface area contributed by atoms with Crippen molar-refractivity contribution in [3.8, 4) is 0 Å². The Morgan fingerprint density at radius 1 is 1.35 bits per heavy atom. The van der Waals surface area contributed by atoms with Crippen LogP contribution in [0.25, 0.3) is 0 Å². The third-order valence-electron chi connectivity index (χ3n) is 2.24. The van der Waals surface area contributed by atoms with Gasteiger partial charge in [-0.3, -0.25) is 0 Å². The van der Waals surface area contributed by atoms with Gasteiger partial charge in [-0.1, -0.05) is 19.8 Å². The average molecular weight is 246 g/mol. The highest BCUT2D eigenvalue weighted by atomic mass is 16.5. The molecule has 3 N–H and O–H groups in total. The van der Waals surface area contributed by atoms with Crippen LogP contribution in [0.4, 0.5) is 4.79 Å². The number of rotatable bonds is 8. The molecule has 0 aromatic carbocycles. The van der Waals surface area contributed by atoms with Crippen molar-refractivity contribution in [2.45, 2.75) is 45.2 Å². The molecule has 6 nitrogen and oxygen atoms in total. The highest BCUT2D eigenvalue weighted by Gasteiger charge is 2.19. The second-order valence-electron chi connectivity index (χ2n) is 4.01. The van der Waals surface area contributed by atoms with Crippen LogP contribution in [-0.2, 0) is 9.53 Å². The average Bonchev–Trinajstić information content (AvgIpc) is 2.23. The van der Waals surface area contributed by atoms with Crippen molar-refractivity contribution in [3.05, 3.63) is 0 Å². The maximum Gasteiger partial charge on any atom is 0.326 e. The van der Waals surface area contributed by atoms with E-state index in [-0.39, 0.29) is 6.04 Å². The van der Waals surface area contributed by atoms with Gasteiger partial charge in [0.15, 0.2) is 0 Å². The quantitative estimate of drug-likeness (QED) is 0.595. The summed E-state index contributed by atoms with van der Waals surface area (Å²) in [7, 11) is 1.54. The molecule has 0 radical (unpaired) electrons. The lowest BCUT2D eigenvalue weighted by atomic mass is 10.1. The van der Waals surface area contributed by atoms with Crippen LogP contribution >= 0.6 is 0 Å². The SMILES string of the molecule is CCCCC(NC(=O)NC(C)COC)C(=O)O. The number of carbonyl (C=O) groups excluding carboxylic acids is 1. The van der Waals surface area contributed by atoms with Crippen LogP contribution in [0, 0.1) is 0 Å². The first-order valence-electron chi connectivity index (χ1n) is 5.80. The number of aliphatic carboxylic acids is 1. The Bertz CT molecular complexity index is 246. The molecule has 0 heterocycles. The van der Waals surface area contributed by atoms with Gasteiger partial charge in [0, 0.05) is 7.11 Å². The van der Waals surface area contributed by atoms with Crippen molar-refractivity contribution in [2.75, 3.05) is 13.7 Å². The summed E-state index contributed by atoms with van der Waals surface area (Å²) < 4.78 is 4.86. The minimum atomic E-state index is -1.01. The zero-order valence-corrected chi connectivity index (χ0v) is 10.7. The van der Waals surface area contributed by atoms with E-state index in [1.165, 1.54) is 7.11 Å². The van der Waals surface area contributed by atoms with Gasteiger partial charge in [-0.05, 0) is 13.3 Å². The fourth-order valence-corrected chi connectivity index (χ4v) is 1.38. The Labute approximate surface area is 102 Å². The van der Waals surface area contributed by atoms with Crippen molar-refractivity contribution < 1.29 is 19.4 Å². The molecular formula is C11H22N2O4. The Hall–Kier alpha value is -1.30. The standard InChI is InChI=1S/C11H22N2O4/c1-4-5-6-9(10(14)15)13-11(16)12-8(2)7-17-3/h8-9H,4-7H2,1-3H3,(H,14,15)(H2,12,13,16). The molecule has 0 saturated carbocycles. The predicted octanol–water partition coefficient (Wildman–Crippen LogP) is 0.964. The highest BCUT2D eigenvalue weighted by molar-refractivity contribution is 5.82. The lowest BCUT2D eigenvalue weighted by molar-refractivity contribution is -0.139. The third-order valence-corrected chi connectivity index (χ3v) is 2.24. The number of ether oxygens (including phenoxy) is 1. The minimum absolute atomic E-state index is 0.152. The Kier molecular flexibility index (Phi) is 8.13. The highest BCUT2D eigenvalue weighted by Crippen LogP contribution is 2.00. The molecule has 0 bridgehead atoms. The summed E-state index contributed by atoms with van der Waals surface area (Å²) in [5.41, 5.74) is 0. The van der Waals surface area contributed by atoms with Crippen molar-refractivity contribution in [1.29, 1.82) is 0 Å². The molecular weight excluding hydrogens is 224 g/mol. The van der Waals surface area contributed by atoms with Gasteiger partial charge in [0.05, 0.1) is 12.6 Å². The molecule has 0 spiro atoms. The van der Waals surface area contributed by atoms with E-state index in [1.54, 1.807) is 6.92 Å². The maximum atomic E-state index is 11.5. The second-order valence-corrected chi connectivity index (χ2v) is 4.01. The first-order chi connectivity index (χ1) is 8.01.